The van der Waals surface area contributed by atoms with Crippen molar-refractivity contribution in [1.29, 1.82) is 0 Å². The predicted octanol–water partition coefficient (Wildman–Crippen LogP) is 4.02. The summed E-state index contributed by atoms with van der Waals surface area (Å²) in [6.45, 7) is 0. The highest BCUT2D eigenvalue weighted by molar-refractivity contribution is 9.10. The summed E-state index contributed by atoms with van der Waals surface area (Å²) in [6, 6.07) is 13.7. The molecule has 0 aliphatic rings. The summed E-state index contributed by atoms with van der Waals surface area (Å²) in [5, 5.41) is 0. The molecule has 0 N–H and O–H groups in total. The Bertz CT molecular complexity index is 710. The van der Waals surface area contributed by atoms with Crippen molar-refractivity contribution in [1.82, 2.24) is 0 Å². The Morgan fingerprint density at radius 2 is 1.63 bits per heavy atom. The lowest BCUT2D eigenvalue weighted by atomic mass is 10.2. The molecule has 0 radical (unpaired) electrons. The second-order valence-corrected chi connectivity index (χ2v) is 7.18. The highest BCUT2D eigenvalue weighted by Gasteiger charge is 2.11. The number of benzene rings is 2. The third kappa shape index (κ3) is 3.99. The van der Waals surface area contributed by atoms with E-state index in [-0.39, 0.29) is 4.90 Å². The van der Waals surface area contributed by atoms with Crippen LogP contribution in [0.2, 0.25) is 0 Å². The highest BCUT2D eigenvalue weighted by atomic mass is 79.9. The van der Waals surface area contributed by atoms with Gasteiger partial charge in [-0.1, -0.05) is 50.1 Å². The second-order valence-electron chi connectivity index (χ2n) is 3.72. The van der Waals surface area contributed by atoms with Crippen LogP contribution in [0.3, 0.4) is 0 Å². The smallest absolute Gasteiger partial charge is 0.199 e. The zero-order valence-electron chi connectivity index (χ0n) is 9.62. The molecule has 6 heteroatoms. The van der Waals surface area contributed by atoms with Gasteiger partial charge in [0, 0.05) is 15.2 Å². The first kappa shape index (κ1) is 14.4. The zero-order chi connectivity index (χ0) is 13.9. The molecule has 2 rings (SSSR count). The van der Waals surface area contributed by atoms with Gasteiger partial charge in [0.1, 0.15) is 0 Å². The Hall–Kier alpha value is -0.980. The van der Waals surface area contributed by atoms with Gasteiger partial charge in [-0.05, 0) is 35.9 Å². The number of hydrogen-bond donors (Lipinski definition) is 0. The summed E-state index contributed by atoms with van der Waals surface area (Å²) >= 11 is 6.55. The maximum Gasteiger partial charge on any atom is 0.282 e. The molecule has 19 heavy (non-hydrogen) atoms. The van der Waals surface area contributed by atoms with Crippen LogP contribution < -0.4 is 0 Å². The van der Waals surface area contributed by atoms with Gasteiger partial charge in [0.25, 0.3) is 10.0 Å². The minimum atomic E-state index is -3.66. The predicted molar refractivity (Wildman–Crippen MR) is 83.1 cm³/mol. The van der Waals surface area contributed by atoms with Crippen molar-refractivity contribution in [3.05, 3.63) is 63.0 Å². The summed E-state index contributed by atoms with van der Waals surface area (Å²) in [5.41, 5.74) is 0.724. The Morgan fingerprint density at radius 3 is 2.26 bits per heavy atom. The first-order valence-electron chi connectivity index (χ1n) is 5.29. The van der Waals surface area contributed by atoms with Crippen molar-refractivity contribution in [3.63, 3.8) is 0 Å². The number of halogens is 2. The van der Waals surface area contributed by atoms with Crippen LogP contribution in [-0.2, 0) is 10.0 Å². The van der Waals surface area contributed by atoms with E-state index in [2.05, 4.69) is 36.3 Å². The minimum absolute atomic E-state index is 0.162. The summed E-state index contributed by atoms with van der Waals surface area (Å²) < 4.78 is 29.3. The molecule has 2 aromatic rings. The normalized spacial score (nSPS) is 11.9. The number of hydrogen-bond acceptors (Lipinski definition) is 2. The van der Waals surface area contributed by atoms with Crippen LogP contribution in [0.5, 0.6) is 0 Å². The lowest BCUT2D eigenvalue weighted by Gasteiger charge is -1.99. The average Bonchev–Trinajstić information content (AvgIpc) is 2.38. The minimum Gasteiger partial charge on any atom is -0.199 e. The van der Waals surface area contributed by atoms with E-state index in [4.69, 9.17) is 0 Å². The van der Waals surface area contributed by atoms with E-state index in [1.807, 2.05) is 12.1 Å². The topological polar surface area (TPSA) is 46.5 Å². The largest absolute Gasteiger partial charge is 0.282 e. The Labute approximate surface area is 128 Å². The molecule has 0 fully saturated rings. The fraction of sp³-hybridized carbons (Fsp3) is 0. The SMILES string of the molecule is O=S(=O)(/N=C/c1ccc(Br)cc1)c1cccc(Br)c1. The molecule has 0 aliphatic carbocycles. The number of rotatable bonds is 3. The van der Waals surface area contributed by atoms with Gasteiger partial charge in [0.2, 0.25) is 0 Å². The Morgan fingerprint density at radius 1 is 0.947 bits per heavy atom. The van der Waals surface area contributed by atoms with E-state index in [1.54, 1.807) is 24.3 Å². The second kappa shape index (κ2) is 5.98. The molecule has 0 atom stereocenters. The van der Waals surface area contributed by atoms with Crippen LogP contribution in [0, 0.1) is 0 Å². The maximum absolute atomic E-state index is 12.0. The van der Waals surface area contributed by atoms with Gasteiger partial charge in [-0.15, -0.1) is 0 Å². The van der Waals surface area contributed by atoms with Gasteiger partial charge in [-0.25, -0.2) is 0 Å². The van der Waals surface area contributed by atoms with Crippen LogP contribution in [0.4, 0.5) is 0 Å². The molecule has 2 aromatic carbocycles. The Balaban J connectivity index is 2.29. The van der Waals surface area contributed by atoms with Gasteiger partial charge in [0.05, 0.1) is 4.90 Å². The number of nitrogens with zero attached hydrogens (tertiary/aromatic N) is 1. The van der Waals surface area contributed by atoms with Gasteiger partial charge in [-0.3, -0.25) is 0 Å². The van der Waals surface area contributed by atoms with Crippen molar-refractivity contribution < 1.29 is 8.42 Å². The van der Waals surface area contributed by atoms with Gasteiger partial charge in [0.15, 0.2) is 0 Å². The average molecular weight is 403 g/mol. The van der Waals surface area contributed by atoms with E-state index < -0.39 is 10.0 Å². The van der Waals surface area contributed by atoms with Crippen molar-refractivity contribution in [2.75, 3.05) is 0 Å². The van der Waals surface area contributed by atoms with Gasteiger partial charge < -0.3 is 0 Å². The maximum atomic E-state index is 12.0. The van der Waals surface area contributed by atoms with Crippen LogP contribution in [0.25, 0.3) is 0 Å². The van der Waals surface area contributed by atoms with E-state index >= 15 is 0 Å². The van der Waals surface area contributed by atoms with Crippen molar-refractivity contribution >= 4 is 48.1 Å². The molecule has 0 saturated carbocycles. The lowest BCUT2D eigenvalue weighted by Crippen LogP contribution is -1.97. The quantitative estimate of drug-likeness (QED) is 0.728. The molecule has 3 nitrogen and oxygen atoms in total. The molecule has 0 bridgehead atoms. The first-order chi connectivity index (χ1) is 8.97. The number of sulfonamides is 1. The fourth-order valence-corrected chi connectivity index (χ4v) is 3.09. The highest BCUT2D eigenvalue weighted by Crippen LogP contribution is 2.18. The molecule has 0 aromatic heterocycles. The summed E-state index contributed by atoms with van der Waals surface area (Å²) in [5.74, 6) is 0. The third-order valence-corrected chi connectivity index (χ3v) is 4.56. The fourth-order valence-electron chi connectivity index (χ4n) is 1.37. The van der Waals surface area contributed by atoms with Crippen LogP contribution in [-0.4, -0.2) is 14.6 Å². The molecule has 0 heterocycles. The van der Waals surface area contributed by atoms with E-state index in [0.717, 1.165) is 10.0 Å². The zero-order valence-corrected chi connectivity index (χ0v) is 13.6. The van der Waals surface area contributed by atoms with E-state index in [9.17, 15) is 8.42 Å². The van der Waals surface area contributed by atoms with Crippen LogP contribution in [0.15, 0.2) is 66.8 Å². The Kier molecular flexibility index (Phi) is 4.54. The van der Waals surface area contributed by atoms with Crippen LogP contribution in [0.1, 0.15) is 5.56 Å². The summed E-state index contributed by atoms with van der Waals surface area (Å²) in [6.07, 6.45) is 1.34. The molecule has 0 aliphatic heterocycles. The lowest BCUT2D eigenvalue weighted by molar-refractivity contribution is 0.598. The van der Waals surface area contributed by atoms with E-state index in [0.29, 0.717) is 4.47 Å². The van der Waals surface area contributed by atoms with E-state index in [1.165, 1.54) is 18.3 Å². The molecule has 0 spiro atoms. The molecular weight excluding hydrogens is 394 g/mol. The summed E-state index contributed by atoms with van der Waals surface area (Å²) in [4.78, 5) is 0.162. The molecular formula is C13H9Br2NO2S. The van der Waals surface area contributed by atoms with Gasteiger partial charge >= 0.3 is 0 Å². The van der Waals surface area contributed by atoms with Crippen LogP contribution >= 0.6 is 31.9 Å². The molecule has 0 unspecified atom stereocenters. The van der Waals surface area contributed by atoms with Crippen molar-refractivity contribution in [3.8, 4) is 0 Å². The molecule has 98 valence electrons. The van der Waals surface area contributed by atoms with Crippen molar-refractivity contribution in [2.24, 2.45) is 4.40 Å². The molecule has 0 amide bonds. The van der Waals surface area contributed by atoms with Gasteiger partial charge in [-0.2, -0.15) is 12.8 Å². The first-order valence-corrected chi connectivity index (χ1v) is 8.31. The monoisotopic (exact) mass is 401 g/mol. The standard InChI is InChI=1S/C13H9Br2NO2S/c14-11-6-4-10(5-7-11)9-16-19(17,18)13-3-1-2-12(15)8-13/h1-9H/b16-9+. The molecule has 0 saturated heterocycles. The third-order valence-electron chi connectivity index (χ3n) is 2.30. The van der Waals surface area contributed by atoms with Crippen molar-refractivity contribution in [2.45, 2.75) is 4.90 Å². The summed E-state index contributed by atoms with van der Waals surface area (Å²) in [7, 11) is -3.66.